The average molecular weight is 242 g/mol. The normalized spacial score (nSPS) is 9.69. The summed E-state index contributed by atoms with van der Waals surface area (Å²) in [7, 11) is 0. The molecule has 1 aromatic rings. The molecule has 0 aromatic heterocycles. The molecule has 0 bridgehead atoms. The van der Waals surface area contributed by atoms with Gasteiger partial charge in [-0.3, -0.25) is 5.41 Å². The van der Waals surface area contributed by atoms with Crippen LogP contribution >= 0.6 is 15.9 Å². The van der Waals surface area contributed by atoms with Gasteiger partial charge in [0.1, 0.15) is 0 Å². The van der Waals surface area contributed by atoms with E-state index in [-0.39, 0.29) is 0 Å². The Balaban J connectivity index is 2.54. The van der Waals surface area contributed by atoms with Crippen LogP contribution in [0.1, 0.15) is 12.5 Å². The number of nitrogens with one attached hydrogen (secondary N) is 1. The summed E-state index contributed by atoms with van der Waals surface area (Å²) in [4.78, 5) is 0. The number of benzene rings is 1. The fourth-order valence-corrected chi connectivity index (χ4v) is 1.28. The number of rotatable bonds is 3. The Labute approximate surface area is 86.6 Å². The Kier molecular flexibility index (Phi) is 3.96. The van der Waals surface area contributed by atoms with Crippen molar-refractivity contribution in [3.05, 3.63) is 34.3 Å². The topological polar surface area (TPSA) is 33.1 Å². The summed E-state index contributed by atoms with van der Waals surface area (Å²) in [5, 5.41) is 7.45. The first-order chi connectivity index (χ1) is 6.22. The molecule has 1 rings (SSSR count). The lowest BCUT2D eigenvalue weighted by Crippen LogP contribution is -2.06. The van der Waals surface area contributed by atoms with Gasteiger partial charge in [-0.15, -0.1) is 0 Å². The maximum atomic E-state index is 7.45. The van der Waals surface area contributed by atoms with Gasteiger partial charge in [0.2, 0.25) is 0 Å². The summed E-state index contributed by atoms with van der Waals surface area (Å²) in [6.45, 7) is 2.45. The van der Waals surface area contributed by atoms with Crippen molar-refractivity contribution in [3.63, 3.8) is 0 Å². The van der Waals surface area contributed by atoms with E-state index >= 15 is 0 Å². The van der Waals surface area contributed by atoms with Crippen LogP contribution in [-0.2, 0) is 11.2 Å². The highest BCUT2D eigenvalue weighted by molar-refractivity contribution is 9.10. The Morgan fingerprint density at radius 2 is 2.00 bits per heavy atom. The van der Waals surface area contributed by atoms with Gasteiger partial charge in [-0.2, -0.15) is 0 Å². The van der Waals surface area contributed by atoms with E-state index in [0.29, 0.717) is 18.9 Å². The zero-order valence-corrected chi connectivity index (χ0v) is 9.10. The summed E-state index contributed by atoms with van der Waals surface area (Å²) in [5.41, 5.74) is 1.10. The molecule has 0 atom stereocenters. The van der Waals surface area contributed by atoms with E-state index in [1.165, 1.54) is 0 Å². The van der Waals surface area contributed by atoms with Crippen LogP contribution in [-0.4, -0.2) is 12.5 Å². The second kappa shape index (κ2) is 5.02. The van der Waals surface area contributed by atoms with E-state index in [9.17, 15) is 0 Å². The van der Waals surface area contributed by atoms with E-state index in [1.54, 1.807) is 0 Å². The van der Waals surface area contributed by atoms with Gasteiger partial charge in [0.25, 0.3) is 0 Å². The summed E-state index contributed by atoms with van der Waals surface area (Å²) in [6, 6.07) is 7.90. The van der Waals surface area contributed by atoms with Crippen molar-refractivity contribution in [2.24, 2.45) is 0 Å². The van der Waals surface area contributed by atoms with Crippen LogP contribution in [0.5, 0.6) is 0 Å². The first-order valence-corrected chi connectivity index (χ1v) is 4.96. The van der Waals surface area contributed by atoms with E-state index in [2.05, 4.69) is 15.9 Å². The molecule has 0 aliphatic carbocycles. The van der Waals surface area contributed by atoms with Crippen LogP contribution in [0, 0.1) is 5.41 Å². The summed E-state index contributed by atoms with van der Waals surface area (Å²) >= 11 is 3.36. The molecule has 0 radical (unpaired) electrons. The van der Waals surface area contributed by atoms with E-state index in [4.69, 9.17) is 10.1 Å². The lowest BCUT2D eigenvalue weighted by atomic mass is 10.1. The van der Waals surface area contributed by atoms with Crippen LogP contribution < -0.4 is 0 Å². The molecule has 0 unspecified atom stereocenters. The van der Waals surface area contributed by atoms with Gasteiger partial charge in [0.15, 0.2) is 5.90 Å². The molecule has 0 spiro atoms. The van der Waals surface area contributed by atoms with Crippen molar-refractivity contribution < 1.29 is 4.74 Å². The largest absolute Gasteiger partial charge is 0.481 e. The fraction of sp³-hybridized carbons (Fsp3) is 0.300. The monoisotopic (exact) mass is 241 g/mol. The van der Waals surface area contributed by atoms with E-state index < -0.39 is 0 Å². The fourth-order valence-electron chi connectivity index (χ4n) is 1.01. The second-order valence-corrected chi connectivity index (χ2v) is 3.58. The molecule has 13 heavy (non-hydrogen) atoms. The minimum Gasteiger partial charge on any atom is -0.481 e. The Morgan fingerprint density at radius 3 is 2.54 bits per heavy atom. The van der Waals surface area contributed by atoms with Crippen molar-refractivity contribution in [1.29, 1.82) is 5.41 Å². The van der Waals surface area contributed by atoms with Crippen molar-refractivity contribution in [2.75, 3.05) is 6.61 Å². The number of halogens is 1. The van der Waals surface area contributed by atoms with Gasteiger partial charge in [-0.05, 0) is 24.6 Å². The zero-order chi connectivity index (χ0) is 9.68. The zero-order valence-electron chi connectivity index (χ0n) is 7.51. The smallest absolute Gasteiger partial charge is 0.184 e. The van der Waals surface area contributed by atoms with Crippen LogP contribution in [0.4, 0.5) is 0 Å². The minimum atomic E-state index is 0.324. The van der Waals surface area contributed by atoms with Crippen LogP contribution in [0.15, 0.2) is 28.7 Å². The maximum Gasteiger partial charge on any atom is 0.184 e. The predicted octanol–water partition coefficient (Wildman–Crippen LogP) is 3.01. The molecule has 2 nitrogen and oxygen atoms in total. The molecule has 1 N–H and O–H groups in total. The van der Waals surface area contributed by atoms with Crippen molar-refractivity contribution >= 4 is 21.8 Å². The molecule has 0 saturated heterocycles. The van der Waals surface area contributed by atoms with Crippen LogP contribution in [0.3, 0.4) is 0 Å². The average Bonchev–Trinajstić information content (AvgIpc) is 2.09. The lowest BCUT2D eigenvalue weighted by Gasteiger charge is -2.04. The van der Waals surface area contributed by atoms with Crippen LogP contribution in [0.25, 0.3) is 0 Å². The van der Waals surface area contributed by atoms with E-state index in [1.807, 2.05) is 31.2 Å². The molecule has 0 aliphatic heterocycles. The summed E-state index contributed by atoms with van der Waals surface area (Å²) in [6.07, 6.45) is 0.571. The quantitative estimate of drug-likeness (QED) is 0.641. The highest BCUT2D eigenvalue weighted by atomic mass is 79.9. The van der Waals surface area contributed by atoms with Gasteiger partial charge in [-0.1, -0.05) is 28.1 Å². The summed E-state index contributed by atoms with van der Waals surface area (Å²) < 4.78 is 6.10. The van der Waals surface area contributed by atoms with Crippen molar-refractivity contribution in [3.8, 4) is 0 Å². The third kappa shape index (κ3) is 3.59. The number of hydrogen-bond acceptors (Lipinski definition) is 2. The Hall–Kier alpha value is -0.830. The third-order valence-electron chi connectivity index (χ3n) is 1.60. The lowest BCUT2D eigenvalue weighted by molar-refractivity contribution is 0.317. The molecule has 0 amide bonds. The highest BCUT2D eigenvalue weighted by Crippen LogP contribution is 2.11. The third-order valence-corrected chi connectivity index (χ3v) is 2.13. The molecule has 1 aromatic carbocycles. The molecular formula is C10H12BrNO. The minimum absolute atomic E-state index is 0.324. The first kappa shape index (κ1) is 10.3. The van der Waals surface area contributed by atoms with Crippen LogP contribution in [0.2, 0.25) is 0 Å². The molecule has 0 aliphatic rings. The molecule has 0 fully saturated rings. The molecule has 70 valence electrons. The molecular weight excluding hydrogens is 230 g/mol. The standard InChI is InChI=1S/C10H12BrNO/c1-2-13-10(12)7-8-3-5-9(11)6-4-8/h3-6,12H,2,7H2,1H3. The van der Waals surface area contributed by atoms with E-state index in [0.717, 1.165) is 10.0 Å². The first-order valence-electron chi connectivity index (χ1n) is 4.17. The predicted molar refractivity (Wildman–Crippen MR) is 57.2 cm³/mol. The van der Waals surface area contributed by atoms with Gasteiger partial charge in [-0.25, -0.2) is 0 Å². The Morgan fingerprint density at radius 1 is 1.38 bits per heavy atom. The van der Waals surface area contributed by atoms with Gasteiger partial charge in [0, 0.05) is 10.9 Å². The molecule has 0 heterocycles. The summed E-state index contributed by atoms with van der Waals surface area (Å²) in [5.74, 6) is 0.324. The number of hydrogen-bond donors (Lipinski definition) is 1. The molecule has 3 heteroatoms. The molecule has 0 saturated carbocycles. The van der Waals surface area contributed by atoms with Crippen molar-refractivity contribution in [2.45, 2.75) is 13.3 Å². The second-order valence-electron chi connectivity index (χ2n) is 2.66. The highest BCUT2D eigenvalue weighted by Gasteiger charge is 1.98. The maximum absolute atomic E-state index is 7.45. The van der Waals surface area contributed by atoms with Gasteiger partial charge >= 0.3 is 0 Å². The Bertz CT molecular complexity index is 281. The van der Waals surface area contributed by atoms with Crippen molar-refractivity contribution in [1.82, 2.24) is 0 Å². The van der Waals surface area contributed by atoms with Gasteiger partial charge in [0.05, 0.1) is 6.61 Å². The number of ether oxygens (including phenoxy) is 1. The van der Waals surface area contributed by atoms with Gasteiger partial charge < -0.3 is 4.74 Å². The SMILES string of the molecule is CCOC(=N)Cc1ccc(Br)cc1.